The molecular formula is C15H10Br2N2. The molecule has 4 heteroatoms. The van der Waals surface area contributed by atoms with Crippen molar-refractivity contribution in [2.45, 2.75) is 0 Å². The molecule has 0 aliphatic rings. The Bertz CT molecular complexity index is 702. The van der Waals surface area contributed by atoms with Gasteiger partial charge in [-0.25, -0.2) is 4.68 Å². The summed E-state index contributed by atoms with van der Waals surface area (Å²) in [5.74, 6) is 0. The third-order valence-electron chi connectivity index (χ3n) is 2.83. The second kappa shape index (κ2) is 5.31. The summed E-state index contributed by atoms with van der Waals surface area (Å²) in [6.07, 6.45) is 3.91. The molecule has 0 N–H and O–H groups in total. The molecule has 0 unspecified atom stereocenters. The Balaban J connectivity index is 1.97. The third kappa shape index (κ3) is 2.80. The maximum absolute atomic E-state index is 4.41. The van der Waals surface area contributed by atoms with Crippen LogP contribution in [0.1, 0.15) is 0 Å². The van der Waals surface area contributed by atoms with Crippen LogP contribution < -0.4 is 0 Å². The highest BCUT2D eigenvalue weighted by Gasteiger charge is 2.03. The molecule has 1 aromatic heterocycles. The lowest BCUT2D eigenvalue weighted by Gasteiger charge is -2.01. The first-order chi connectivity index (χ1) is 9.22. The molecule has 1 heterocycles. The second-order valence-electron chi connectivity index (χ2n) is 4.16. The molecule has 0 spiro atoms. The number of nitrogens with zero attached hydrogens (tertiary/aromatic N) is 2. The quantitative estimate of drug-likeness (QED) is 0.610. The summed E-state index contributed by atoms with van der Waals surface area (Å²) < 4.78 is 4.01. The Kier molecular flexibility index (Phi) is 3.53. The van der Waals surface area contributed by atoms with E-state index in [1.807, 2.05) is 53.5 Å². The van der Waals surface area contributed by atoms with Crippen molar-refractivity contribution in [2.24, 2.45) is 0 Å². The zero-order chi connectivity index (χ0) is 13.2. The van der Waals surface area contributed by atoms with E-state index >= 15 is 0 Å². The van der Waals surface area contributed by atoms with Gasteiger partial charge < -0.3 is 0 Å². The molecule has 0 saturated heterocycles. The zero-order valence-electron chi connectivity index (χ0n) is 9.92. The van der Waals surface area contributed by atoms with E-state index < -0.39 is 0 Å². The van der Waals surface area contributed by atoms with Gasteiger partial charge in [-0.15, -0.1) is 0 Å². The average molecular weight is 378 g/mol. The van der Waals surface area contributed by atoms with Crippen molar-refractivity contribution in [2.75, 3.05) is 0 Å². The van der Waals surface area contributed by atoms with Gasteiger partial charge in [-0.2, -0.15) is 5.10 Å². The van der Waals surface area contributed by atoms with E-state index in [1.165, 1.54) is 0 Å². The van der Waals surface area contributed by atoms with Gasteiger partial charge in [0.2, 0.25) is 0 Å². The summed E-state index contributed by atoms with van der Waals surface area (Å²) in [4.78, 5) is 0. The molecule has 94 valence electrons. The normalized spacial score (nSPS) is 10.6. The summed E-state index contributed by atoms with van der Waals surface area (Å²) >= 11 is 6.92. The molecule has 19 heavy (non-hydrogen) atoms. The highest BCUT2D eigenvalue weighted by atomic mass is 79.9. The lowest BCUT2D eigenvalue weighted by molar-refractivity contribution is 0.880. The molecule has 2 aromatic carbocycles. The number of halogens is 2. The van der Waals surface area contributed by atoms with E-state index in [-0.39, 0.29) is 0 Å². The van der Waals surface area contributed by atoms with Gasteiger partial charge in [0.1, 0.15) is 0 Å². The van der Waals surface area contributed by atoms with Crippen molar-refractivity contribution < 1.29 is 0 Å². The lowest BCUT2D eigenvalue weighted by atomic mass is 10.1. The van der Waals surface area contributed by atoms with Gasteiger partial charge >= 0.3 is 0 Å². The molecule has 2 nitrogen and oxygen atoms in total. The maximum Gasteiger partial charge on any atom is 0.0646 e. The lowest BCUT2D eigenvalue weighted by Crippen LogP contribution is -1.92. The van der Waals surface area contributed by atoms with Crippen LogP contribution in [0.2, 0.25) is 0 Å². The van der Waals surface area contributed by atoms with Crippen LogP contribution in [0, 0.1) is 0 Å². The van der Waals surface area contributed by atoms with Gasteiger partial charge in [0.15, 0.2) is 0 Å². The fraction of sp³-hybridized carbons (Fsp3) is 0. The van der Waals surface area contributed by atoms with Crippen molar-refractivity contribution in [3.05, 3.63) is 69.9 Å². The fourth-order valence-corrected chi connectivity index (χ4v) is 2.54. The molecular weight excluding hydrogens is 368 g/mol. The zero-order valence-corrected chi connectivity index (χ0v) is 13.1. The largest absolute Gasteiger partial charge is 0.240 e. The molecule has 0 aliphatic carbocycles. The Labute approximate surface area is 128 Å². The average Bonchev–Trinajstić information content (AvgIpc) is 2.89. The first kappa shape index (κ1) is 12.6. The first-order valence-electron chi connectivity index (χ1n) is 5.79. The predicted octanol–water partition coefficient (Wildman–Crippen LogP) is 5.06. The monoisotopic (exact) mass is 376 g/mol. The number of benzene rings is 2. The molecule has 0 aliphatic heterocycles. The van der Waals surface area contributed by atoms with Gasteiger partial charge in [0.05, 0.1) is 11.9 Å². The molecule has 3 aromatic rings. The smallest absolute Gasteiger partial charge is 0.0646 e. The van der Waals surface area contributed by atoms with Crippen LogP contribution in [0.5, 0.6) is 0 Å². The minimum atomic E-state index is 1.05. The van der Waals surface area contributed by atoms with Crippen LogP contribution in [0.25, 0.3) is 16.8 Å². The molecule has 0 radical (unpaired) electrons. The minimum absolute atomic E-state index is 1.05. The molecule has 0 bridgehead atoms. The number of rotatable bonds is 2. The van der Waals surface area contributed by atoms with Crippen LogP contribution in [0.3, 0.4) is 0 Å². The Morgan fingerprint density at radius 3 is 2.37 bits per heavy atom. The van der Waals surface area contributed by atoms with Crippen molar-refractivity contribution >= 4 is 31.9 Å². The summed E-state index contributed by atoms with van der Waals surface area (Å²) in [6, 6.07) is 16.3. The highest BCUT2D eigenvalue weighted by molar-refractivity contribution is 9.10. The van der Waals surface area contributed by atoms with Gasteiger partial charge in [-0.1, -0.05) is 44.0 Å². The van der Waals surface area contributed by atoms with Crippen LogP contribution in [0.4, 0.5) is 0 Å². The highest BCUT2D eigenvalue weighted by Crippen LogP contribution is 2.23. The van der Waals surface area contributed by atoms with Crippen molar-refractivity contribution in [3.63, 3.8) is 0 Å². The third-order valence-corrected chi connectivity index (χ3v) is 3.85. The fourth-order valence-electron chi connectivity index (χ4n) is 1.87. The number of hydrogen-bond acceptors (Lipinski definition) is 1. The van der Waals surface area contributed by atoms with Gasteiger partial charge in [-0.3, -0.25) is 0 Å². The minimum Gasteiger partial charge on any atom is -0.240 e. The van der Waals surface area contributed by atoms with E-state index in [2.05, 4.69) is 49.1 Å². The summed E-state index contributed by atoms with van der Waals surface area (Å²) in [6.45, 7) is 0. The van der Waals surface area contributed by atoms with Gasteiger partial charge in [0.25, 0.3) is 0 Å². The van der Waals surface area contributed by atoms with E-state index in [4.69, 9.17) is 0 Å². The van der Waals surface area contributed by atoms with Crippen LogP contribution >= 0.6 is 31.9 Å². The van der Waals surface area contributed by atoms with E-state index in [0.717, 1.165) is 25.8 Å². The molecule has 0 saturated carbocycles. The summed E-state index contributed by atoms with van der Waals surface area (Å²) in [5.41, 5.74) is 3.30. The second-order valence-corrected chi connectivity index (χ2v) is 5.99. The van der Waals surface area contributed by atoms with Crippen molar-refractivity contribution in [3.8, 4) is 16.8 Å². The van der Waals surface area contributed by atoms with Crippen LogP contribution in [0.15, 0.2) is 69.9 Å². The van der Waals surface area contributed by atoms with Gasteiger partial charge in [0, 0.05) is 20.7 Å². The molecule has 0 atom stereocenters. The van der Waals surface area contributed by atoms with Crippen molar-refractivity contribution in [1.29, 1.82) is 0 Å². The number of aromatic nitrogens is 2. The topological polar surface area (TPSA) is 17.8 Å². The molecule has 3 rings (SSSR count). The Morgan fingerprint density at radius 2 is 1.63 bits per heavy atom. The first-order valence-corrected chi connectivity index (χ1v) is 7.37. The maximum atomic E-state index is 4.41. The standard InChI is InChI=1S/C15H10Br2N2/c16-13-4-6-15(7-5-13)19-10-12(9-18-19)11-2-1-3-14(17)8-11/h1-10H. The Morgan fingerprint density at radius 1 is 0.842 bits per heavy atom. The summed E-state index contributed by atoms with van der Waals surface area (Å²) in [7, 11) is 0. The molecule has 0 amide bonds. The molecule has 0 fully saturated rings. The van der Waals surface area contributed by atoms with Crippen LogP contribution in [-0.4, -0.2) is 9.78 Å². The SMILES string of the molecule is Brc1ccc(-n2cc(-c3cccc(Br)c3)cn2)cc1. The van der Waals surface area contributed by atoms with E-state index in [1.54, 1.807) is 0 Å². The van der Waals surface area contributed by atoms with Crippen molar-refractivity contribution in [1.82, 2.24) is 9.78 Å². The van der Waals surface area contributed by atoms with E-state index in [0.29, 0.717) is 0 Å². The van der Waals surface area contributed by atoms with Crippen LogP contribution in [-0.2, 0) is 0 Å². The number of hydrogen-bond donors (Lipinski definition) is 0. The van der Waals surface area contributed by atoms with Gasteiger partial charge in [-0.05, 0) is 42.0 Å². The summed E-state index contributed by atoms with van der Waals surface area (Å²) in [5, 5.41) is 4.41. The van der Waals surface area contributed by atoms with E-state index in [9.17, 15) is 0 Å². The predicted molar refractivity (Wildman–Crippen MR) is 84.4 cm³/mol. The Hall–Kier alpha value is -1.39.